The first kappa shape index (κ1) is 18.9. The minimum atomic E-state index is -5.04. The first-order valence-corrected chi connectivity index (χ1v) is 7.73. The zero-order valence-corrected chi connectivity index (χ0v) is 14.0. The Hall–Kier alpha value is -1.45. The van der Waals surface area contributed by atoms with Gasteiger partial charge in [0.15, 0.2) is 0 Å². The highest BCUT2D eigenvalue weighted by Gasteiger charge is 2.43. The van der Waals surface area contributed by atoms with Crippen LogP contribution >= 0.6 is 23.2 Å². The van der Waals surface area contributed by atoms with E-state index in [1.165, 1.54) is 0 Å². The number of carbonyl (C=O) groups excluding carboxylic acids is 2. The molecule has 1 saturated heterocycles. The van der Waals surface area contributed by atoms with Gasteiger partial charge in [-0.3, -0.25) is 4.79 Å². The van der Waals surface area contributed by atoms with Crippen LogP contribution in [0.25, 0.3) is 0 Å². The highest BCUT2D eigenvalue weighted by Crippen LogP contribution is 2.29. The van der Waals surface area contributed by atoms with Gasteiger partial charge in [-0.05, 0) is 19.8 Å². The fraction of sp³-hybridized carbons (Fsp3) is 0.538. The lowest BCUT2D eigenvalue weighted by atomic mass is 10.1. The fourth-order valence-electron chi connectivity index (χ4n) is 2.25. The van der Waals surface area contributed by atoms with Gasteiger partial charge in [-0.25, -0.2) is 4.79 Å². The molecule has 134 valence electrons. The zero-order chi connectivity index (χ0) is 18.1. The van der Waals surface area contributed by atoms with Gasteiger partial charge in [0.2, 0.25) is 0 Å². The number of alkyl halides is 3. The molecule has 0 spiro atoms. The van der Waals surface area contributed by atoms with E-state index in [0.717, 1.165) is 5.06 Å². The summed E-state index contributed by atoms with van der Waals surface area (Å²) in [5, 5.41) is 4.02. The number of hydroxylamine groups is 2. The van der Waals surface area contributed by atoms with Crippen LogP contribution in [-0.4, -0.2) is 47.2 Å². The van der Waals surface area contributed by atoms with E-state index < -0.39 is 18.1 Å². The van der Waals surface area contributed by atoms with Crippen molar-refractivity contribution in [2.24, 2.45) is 0 Å². The van der Waals surface area contributed by atoms with E-state index in [1.807, 2.05) is 0 Å². The molecule has 0 saturated carbocycles. The fourth-order valence-corrected chi connectivity index (χ4v) is 2.66. The second kappa shape index (κ2) is 7.20. The van der Waals surface area contributed by atoms with Gasteiger partial charge in [-0.1, -0.05) is 23.2 Å². The molecule has 0 unspecified atom stereocenters. The van der Waals surface area contributed by atoms with E-state index in [1.54, 1.807) is 6.92 Å². The van der Waals surface area contributed by atoms with Crippen LogP contribution in [-0.2, 0) is 9.63 Å². The van der Waals surface area contributed by atoms with Gasteiger partial charge in [0.1, 0.15) is 5.69 Å². The zero-order valence-electron chi connectivity index (χ0n) is 12.5. The summed E-state index contributed by atoms with van der Waals surface area (Å²) < 4.78 is 36.4. The SMILES string of the molecule is Cc1[nH]c(C(=O)NC2CCN(OC(=O)C(F)(F)F)CC2)c(Cl)c1Cl. The quantitative estimate of drug-likeness (QED) is 0.835. The summed E-state index contributed by atoms with van der Waals surface area (Å²) in [6.07, 6.45) is -4.39. The summed E-state index contributed by atoms with van der Waals surface area (Å²) in [6.45, 7) is 1.81. The Kier molecular flexibility index (Phi) is 5.67. The number of aromatic amines is 1. The van der Waals surface area contributed by atoms with Gasteiger partial charge in [-0.15, -0.1) is 5.06 Å². The van der Waals surface area contributed by atoms with Crippen molar-refractivity contribution in [3.8, 4) is 0 Å². The molecular weight excluding hydrogens is 374 g/mol. The Morgan fingerprint density at radius 1 is 1.25 bits per heavy atom. The van der Waals surface area contributed by atoms with E-state index in [9.17, 15) is 22.8 Å². The second-order valence-corrected chi connectivity index (χ2v) is 6.06. The highest BCUT2D eigenvalue weighted by molar-refractivity contribution is 6.44. The number of aryl methyl sites for hydroxylation is 1. The summed E-state index contributed by atoms with van der Waals surface area (Å²) in [5.41, 5.74) is 0.686. The molecule has 0 radical (unpaired) electrons. The molecule has 2 heterocycles. The highest BCUT2D eigenvalue weighted by atomic mass is 35.5. The van der Waals surface area contributed by atoms with Gasteiger partial charge < -0.3 is 15.1 Å². The number of nitrogens with zero attached hydrogens (tertiary/aromatic N) is 1. The summed E-state index contributed by atoms with van der Waals surface area (Å²) in [6, 6.07) is -0.281. The molecule has 11 heteroatoms. The molecule has 24 heavy (non-hydrogen) atoms. The average molecular weight is 388 g/mol. The largest absolute Gasteiger partial charge is 0.492 e. The number of amides is 1. The minimum absolute atomic E-state index is 0.0744. The molecular formula is C13H14Cl2F3N3O3. The molecule has 1 aliphatic rings. The average Bonchev–Trinajstić information content (AvgIpc) is 2.76. The molecule has 0 aliphatic carbocycles. The van der Waals surface area contributed by atoms with Crippen molar-refractivity contribution >= 4 is 35.1 Å². The topological polar surface area (TPSA) is 74.4 Å². The Balaban J connectivity index is 1.86. The van der Waals surface area contributed by atoms with Crippen molar-refractivity contribution < 1.29 is 27.6 Å². The Bertz CT molecular complexity index is 640. The Morgan fingerprint density at radius 2 is 1.83 bits per heavy atom. The summed E-state index contributed by atoms with van der Waals surface area (Å²) in [4.78, 5) is 29.9. The molecule has 1 amide bonds. The van der Waals surface area contributed by atoms with Gasteiger partial charge in [0.25, 0.3) is 5.91 Å². The monoisotopic (exact) mass is 387 g/mol. The predicted octanol–water partition coefficient (Wildman–Crippen LogP) is 2.84. The van der Waals surface area contributed by atoms with Crippen molar-refractivity contribution in [1.82, 2.24) is 15.4 Å². The smallest absolute Gasteiger partial charge is 0.361 e. The van der Waals surface area contributed by atoms with Crippen LogP contribution < -0.4 is 5.32 Å². The van der Waals surface area contributed by atoms with Crippen LogP contribution in [0.5, 0.6) is 0 Å². The van der Waals surface area contributed by atoms with Crippen molar-refractivity contribution in [1.29, 1.82) is 0 Å². The van der Waals surface area contributed by atoms with E-state index >= 15 is 0 Å². The number of nitrogens with one attached hydrogen (secondary N) is 2. The predicted molar refractivity (Wildman–Crippen MR) is 79.8 cm³/mol. The molecule has 0 atom stereocenters. The minimum Gasteiger partial charge on any atom is -0.361 e. The third kappa shape index (κ3) is 4.34. The first-order valence-electron chi connectivity index (χ1n) is 6.98. The second-order valence-electron chi connectivity index (χ2n) is 5.31. The number of halogens is 5. The number of piperidine rings is 1. The number of carbonyl (C=O) groups is 2. The molecule has 0 bridgehead atoms. The van der Waals surface area contributed by atoms with Gasteiger partial charge in [0.05, 0.1) is 10.0 Å². The molecule has 2 rings (SSSR count). The Labute approximate surface area is 145 Å². The van der Waals surface area contributed by atoms with Gasteiger partial charge in [0, 0.05) is 24.8 Å². The van der Waals surface area contributed by atoms with Gasteiger partial charge >= 0.3 is 12.1 Å². The molecule has 1 aromatic heterocycles. The molecule has 1 aliphatic heterocycles. The molecule has 1 aromatic rings. The van der Waals surface area contributed by atoms with E-state index in [4.69, 9.17) is 23.2 Å². The van der Waals surface area contributed by atoms with E-state index in [-0.39, 0.29) is 34.9 Å². The third-order valence-corrected chi connectivity index (χ3v) is 4.46. The van der Waals surface area contributed by atoms with Crippen LogP contribution in [0.3, 0.4) is 0 Å². The summed E-state index contributed by atoms with van der Waals surface area (Å²) in [5.74, 6) is -2.71. The summed E-state index contributed by atoms with van der Waals surface area (Å²) >= 11 is 11.9. The number of rotatable bonds is 3. The number of hydrogen-bond acceptors (Lipinski definition) is 4. The van der Waals surface area contributed by atoms with Crippen molar-refractivity contribution in [2.45, 2.75) is 32.0 Å². The lowest BCUT2D eigenvalue weighted by molar-refractivity contribution is -0.241. The van der Waals surface area contributed by atoms with Crippen molar-refractivity contribution in [2.75, 3.05) is 13.1 Å². The molecule has 6 nitrogen and oxygen atoms in total. The number of H-pyrrole nitrogens is 1. The molecule has 0 aromatic carbocycles. The maximum atomic E-state index is 12.2. The lowest BCUT2D eigenvalue weighted by Gasteiger charge is -2.30. The standard InChI is InChI=1S/C13H14Cl2F3N3O3/c1-6-8(14)9(15)10(19-6)11(22)20-7-2-4-21(5-3-7)24-12(23)13(16,17)18/h7,19H,2-5H2,1H3,(H,20,22). The van der Waals surface area contributed by atoms with E-state index in [2.05, 4.69) is 15.1 Å². The normalized spacial score (nSPS) is 16.9. The maximum Gasteiger partial charge on any atom is 0.492 e. The lowest BCUT2D eigenvalue weighted by Crippen LogP contribution is -2.46. The van der Waals surface area contributed by atoms with Crippen LogP contribution in [0.15, 0.2) is 0 Å². The number of aromatic nitrogens is 1. The first-order chi connectivity index (χ1) is 11.1. The summed E-state index contributed by atoms with van der Waals surface area (Å²) in [7, 11) is 0. The van der Waals surface area contributed by atoms with Crippen LogP contribution in [0, 0.1) is 6.92 Å². The van der Waals surface area contributed by atoms with Crippen molar-refractivity contribution in [3.63, 3.8) is 0 Å². The number of hydrogen-bond donors (Lipinski definition) is 2. The van der Waals surface area contributed by atoms with Crippen LogP contribution in [0.1, 0.15) is 29.0 Å². The van der Waals surface area contributed by atoms with Crippen LogP contribution in [0.4, 0.5) is 13.2 Å². The third-order valence-electron chi connectivity index (χ3n) is 3.51. The molecule has 2 N–H and O–H groups in total. The molecule has 1 fully saturated rings. The van der Waals surface area contributed by atoms with Crippen LogP contribution in [0.2, 0.25) is 10.0 Å². The van der Waals surface area contributed by atoms with Crippen molar-refractivity contribution in [3.05, 3.63) is 21.4 Å². The van der Waals surface area contributed by atoms with E-state index in [0.29, 0.717) is 18.5 Å². The maximum absolute atomic E-state index is 12.2. The van der Waals surface area contributed by atoms with Gasteiger partial charge in [-0.2, -0.15) is 13.2 Å². The Morgan fingerprint density at radius 3 is 2.29 bits per heavy atom.